The van der Waals surface area contributed by atoms with Crippen LogP contribution in [0.25, 0.3) is 0 Å². The first-order chi connectivity index (χ1) is 9.63. The summed E-state index contributed by atoms with van der Waals surface area (Å²) in [7, 11) is 0. The van der Waals surface area contributed by atoms with Crippen molar-refractivity contribution in [1.29, 1.82) is 0 Å². The minimum Gasteiger partial charge on any atom is -0.322 e. The van der Waals surface area contributed by atoms with Gasteiger partial charge < -0.3 is 5.32 Å². The first-order valence-corrected chi connectivity index (χ1v) is 6.83. The monoisotopic (exact) mass is 269 g/mol. The van der Waals surface area contributed by atoms with Gasteiger partial charge in [0.15, 0.2) is 0 Å². The molecule has 0 saturated heterocycles. The molecule has 1 aliphatic rings. The molecular formula is C17H16FNO. The van der Waals surface area contributed by atoms with Crippen molar-refractivity contribution < 1.29 is 9.18 Å². The van der Waals surface area contributed by atoms with Crippen LogP contribution in [0.4, 0.5) is 10.1 Å². The van der Waals surface area contributed by atoms with Gasteiger partial charge in [0, 0.05) is 5.69 Å². The Morgan fingerprint density at radius 2 is 1.90 bits per heavy atom. The van der Waals surface area contributed by atoms with Gasteiger partial charge in [-0.25, -0.2) is 4.39 Å². The molecule has 0 aliphatic heterocycles. The summed E-state index contributed by atoms with van der Waals surface area (Å²) in [5.74, 6) is -0.890. The number of halogens is 1. The molecular weight excluding hydrogens is 253 g/mol. The van der Waals surface area contributed by atoms with E-state index in [0.717, 1.165) is 24.1 Å². The van der Waals surface area contributed by atoms with Crippen molar-refractivity contribution >= 4 is 11.6 Å². The molecule has 0 unspecified atom stereocenters. The van der Waals surface area contributed by atoms with E-state index in [2.05, 4.69) is 5.32 Å². The van der Waals surface area contributed by atoms with Gasteiger partial charge in [-0.2, -0.15) is 0 Å². The lowest BCUT2D eigenvalue weighted by atomic mass is 10.1. The van der Waals surface area contributed by atoms with Gasteiger partial charge in [0.25, 0.3) is 5.91 Å². The minimum absolute atomic E-state index is 0.0884. The fraction of sp³-hybridized carbons (Fsp3) is 0.235. The van der Waals surface area contributed by atoms with Gasteiger partial charge in [-0.15, -0.1) is 0 Å². The SMILES string of the molecule is Cc1ccc(F)c(C(=O)Nc2ccc3c(c2)CCC3)c1. The van der Waals surface area contributed by atoms with E-state index in [1.807, 2.05) is 25.1 Å². The van der Waals surface area contributed by atoms with E-state index in [1.54, 1.807) is 12.1 Å². The normalized spacial score (nSPS) is 13.1. The molecule has 2 aromatic carbocycles. The van der Waals surface area contributed by atoms with Crippen molar-refractivity contribution in [2.24, 2.45) is 0 Å². The van der Waals surface area contributed by atoms with E-state index in [9.17, 15) is 9.18 Å². The largest absolute Gasteiger partial charge is 0.322 e. The number of anilines is 1. The van der Waals surface area contributed by atoms with Crippen LogP contribution in [0.2, 0.25) is 0 Å². The van der Waals surface area contributed by atoms with Gasteiger partial charge in [0.05, 0.1) is 5.56 Å². The molecule has 0 fully saturated rings. The minimum atomic E-state index is -0.491. The summed E-state index contributed by atoms with van der Waals surface area (Å²) >= 11 is 0. The Morgan fingerprint density at radius 3 is 2.75 bits per heavy atom. The molecule has 1 aliphatic carbocycles. The van der Waals surface area contributed by atoms with Crippen LogP contribution in [-0.2, 0) is 12.8 Å². The Labute approximate surface area is 117 Å². The molecule has 0 aromatic heterocycles. The molecule has 0 heterocycles. The lowest BCUT2D eigenvalue weighted by Crippen LogP contribution is -2.14. The molecule has 102 valence electrons. The van der Waals surface area contributed by atoms with E-state index in [1.165, 1.54) is 23.6 Å². The smallest absolute Gasteiger partial charge is 0.258 e. The highest BCUT2D eigenvalue weighted by Crippen LogP contribution is 2.25. The molecule has 2 aromatic rings. The summed E-state index contributed by atoms with van der Waals surface area (Å²) in [6, 6.07) is 10.5. The maximum Gasteiger partial charge on any atom is 0.258 e. The van der Waals surface area contributed by atoms with Crippen molar-refractivity contribution in [3.05, 3.63) is 64.5 Å². The van der Waals surface area contributed by atoms with Crippen molar-refractivity contribution in [2.75, 3.05) is 5.32 Å². The third-order valence-corrected chi connectivity index (χ3v) is 3.72. The van der Waals surface area contributed by atoms with E-state index in [0.29, 0.717) is 0 Å². The van der Waals surface area contributed by atoms with E-state index >= 15 is 0 Å². The van der Waals surface area contributed by atoms with Crippen LogP contribution in [0.3, 0.4) is 0 Å². The summed E-state index contributed by atoms with van der Waals surface area (Å²) in [5, 5.41) is 2.78. The molecule has 0 saturated carbocycles. The number of hydrogen-bond acceptors (Lipinski definition) is 1. The van der Waals surface area contributed by atoms with E-state index in [4.69, 9.17) is 0 Å². The summed E-state index contributed by atoms with van der Waals surface area (Å²) in [6.45, 7) is 1.84. The lowest BCUT2D eigenvalue weighted by Gasteiger charge is -2.08. The average Bonchev–Trinajstić information content (AvgIpc) is 2.89. The zero-order valence-corrected chi connectivity index (χ0v) is 11.4. The maximum atomic E-state index is 13.7. The number of amides is 1. The Balaban J connectivity index is 1.84. The second-order valence-corrected chi connectivity index (χ2v) is 5.27. The van der Waals surface area contributed by atoms with Gasteiger partial charge in [0.1, 0.15) is 5.82 Å². The third kappa shape index (κ3) is 2.44. The Hall–Kier alpha value is -2.16. The Bertz CT molecular complexity index is 679. The van der Waals surface area contributed by atoms with Gasteiger partial charge in [-0.05, 0) is 61.6 Å². The van der Waals surface area contributed by atoms with E-state index in [-0.39, 0.29) is 5.56 Å². The molecule has 0 spiro atoms. The fourth-order valence-electron chi connectivity index (χ4n) is 2.66. The molecule has 0 atom stereocenters. The maximum absolute atomic E-state index is 13.7. The quantitative estimate of drug-likeness (QED) is 0.880. The van der Waals surface area contributed by atoms with Crippen molar-refractivity contribution in [3.63, 3.8) is 0 Å². The number of fused-ring (bicyclic) bond motifs is 1. The molecule has 0 radical (unpaired) electrons. The Morgan fingerprint density at radius 1 is 1.10 bits per heavy atom. The molecule has 3 heteroatoms. The predicted molar refractivity (Wildman–Crippen MR) is 77.6 cm³/mol. The second-order valence-electron chi connectivity index (χ2n) is 5.27. The van der Waals surface area contributed by atoms with E-state index < -0.39 is 11.7 Å². The highest BCUT2D eigenvalue weighted by atomic mass is 19.1. The van der Waals surface area contributed by atoms with Gasteiger partial charge in [-0.3, -0.25) is 4.79 Å². The van der Waals surface area contributed by atoms with Gasteiger partial charge in [0.2, 0.25) is 0 Å². The summed E-state index contributed by atoms with van der Waals surface area (Å²) in [6.07, 6.45) is 3.33. The van der Waals surface area contributed by atoms with Crippen molar-refractivity contribution in [3.8, 4) is 0 Å². The molecule has 0 bridgehead atoms. The summed E-state index contributed by atoms with van der Waals surface area (Å²) in [4.78, 5) is 12.1. The number of benzene rings is 2. The first kappa shape index (κ1) is 12.9. The highest BCUT2D eigenvalue weighted by molar-refractivity contribution is 6.04. The number of rotatable bonds is 2. The van der Waals surface area contributed by atoms with Crippen molar-refractivity contribution in [2.45, 2.75) is 26.2 Å². The standard InChI is InChI=1S/C17H16FNO/c1-11-5-8-16(18)15(9-11)17(20)19-14-7-6-12-3-2-4-13(12)10-14/h5-10H,2-4H2,1H3,(H,19,20). The number of aryl methyl sites for hydroxylation is 3. The third-order valence-electron chi connectivity index (χ3n) is 3.72. The topological polar surface area (TPSA) is 29.1 Å². The molecule has 1 amide bonds. The van der Waals surface area contributed by atoms with Gasteiger partial charge in [-0.1, -0.05) is 17.7 Å². The lowest BCUT2D eigenvalue weighted by molar-refractivity contribution is 0.102. The summed E-state index contributed by atoms with van der Waals surface area (Å²) < 4.78 is 13.7. The van der Waals surface area contributed by atoms with Crippen LogP contribution >= 0.6 is 0 Å². The van der Waals surface area contributed by atoms with Crippen molar-refractivity contribution in [1.82, 2.24) is 0 Å². The van der Waals surface area contributed by atoms with Crippen LogP contribution in [0.1, 0.15) is 33.5 Å². The molecule has 2 nitrogen and oxygen atoms in total. The van der Waals surface area contributed by atoms with Crippen LogP contribution in [-0.4, -0.2) is 5.91 Å². The first-order valence-electron chi connectivity index (χ1n) is 6.83. The number of nitrogens with one attached hydrogen (secondary N) is 1. The number of hydrogen-bond donors (Lipinski definition) is 1. The highest BCUT2D eigenvalue weighted by Gasteiger charge is 2.14. The van der Waals surface area contributed by atoms with Crippen LogP contribution in [0.5, 0.6) is 0 Å². The average molecular weight is 269 g/mol. The predicted octanol–water partition coefficient (Wildman–Crippen LogP) is 3.88. The van der Waals surface area contributed by atoms with Crippen LogP contribution < -0.4 is 5.32 Å². The Kier molecular flexibility index (Phi) is 3.26. The fourth-order valence-corrected chi connectivity index (χ4v) is 2.66. The zero-order valence-electron chi connectivity index (χ0n) is 11.4. The number of carbonyl (C=O) groups excluding carboxylic acids is 1. The second kappa shape index (κ2) is 5.08. The summed E-state index contributed by atoms with van der Waals surface area (Å²) in [5.41, 5.74) is 4.32. The van der Waals surface area contributed by atoms with Crippen LogP contribution in [0.15, 0.2) is 36.4 Å². The van der Waals surface area contributed by atoms with Gasteiger partial charge >= 0.3 is 0 Å². The molecule has 1 N–H and O–H groups in total. The zero-order chi connectivity index (χ0) is 14.1. The molecule has 3 rings (SSSR count). The molecule has 20 heavy (non-hydrogen) atoms. The number of carbonyl (C=O) groups is 1. The van der Waals surface area contributed by atoms with Crippen LogP contribution in [0, 0.1) is 12.7 Å².